The van der Waals surface area contributed by atoms with Gasteiger partial charge in [0.2, 0.25) is 5.91 Å². The largest absolute Gasteiger partial charge is 0.481 e. The van der Waals surface area contributed by atoms with Crippen molar-refractivity contribution in [1.29, 1.82) is 0 Å². The average molecular weight is 227 g/mol. The van der Waals surface area contributed by atoms with Gasteiger partial charge in [-0.25, -0.2) is 0 Å². The van der Waals surface area contributed by atoms with Gasteiger partial charge in [0.15, 0.2) is 0 Å². The molecule has 0 bridgehead atoms. The molecule has 2 N–H and O–H groups in total. The molecule has 0 aromatic rings. The zero-order valence-corrected chi connectivity index (χ0v) is 10.2. The first-order chi connectivity index (χ1) is 7.47. The van der Waals surface area contributed by atoms with Crippen LogP contribution in [0.1, 0.15) is 40.0 Å². The van der Waals surface area contributed by atoms with Gasteiger partial charge in [0.25, 0.3) is 0 Å². The third kappa shape index (κ3) is 7.04. The van der Waals surface area contributed by atoms with Crippen molar-refractivity contribution in [2.45, 2.75) is 46.1 Å². The number of allylic oxidation sites excluding steroid dienone is 1. The molecule has 0 radical (unpaired) electrons. The SMILES string of the molecule is CC=CC(=O)NC(C)CCCC(C)C(=O)O. The lowest BCUT2D eigenvalue weighted by Gasteiger charge is -2.13. The Bertz CT molecular complexity index is 261. The summed E-state index contributed by atoms with van der Waals surface area (Å²) in [4.78, 5) is 21.7. The van der Waals surface area contributed by atoms with E-state index >= 15 is 0 Å². The van der Waals surface area contributed by atoms with Crippen molar-refractivity contribution in [1.82, 2.24) is 5.32 Å². The van der Waals surface area contributed by atoms with Crippen molar-refractivity contribution < 1.29 is 14.7 Å². The number of nitrogens with one attached hydrogen (secondary N) is 1. The summed E-state index contributed by atoms with van der Waals surface area (Å²) < 4.78 is 0. The number of rotatable bonds is 7. The van der Waals surface area contributed by atoms with E-state index in [1.807, 2.05) is 6.92 Å². The van der Waals surface area contributed by atoms with E-state index in [2.05, 4.69) is 5.32 Å². The van der Waals surface area contributed by atoms with Gasteiger partial charge in [0.05, 0.1) is 5.92 Å². The van der Waals surface area contributed by atoms with Crippen LogP contribution in [0.2, 0.25) is 0 Å². The summed E-state index contributed by atoms with van der Waals surface area (Å²) in [5, 5.41) is 11.5. The van der Waals surface area contributed by atoms with Gasteiger partial charge in [0.1, 0.15) is 0 Å². The van der Waals surface area contributed by atoms with Gasteiger partial charge >= 0.3 is 5.97 Å². The van der Waals surface area contributed by atoms with Crippen LogP contribution in [0.25, 0.3) is 0 Å². The zero-order chi connectivity index (χ0) is 12.6. The Kier molecular flexibility index (Phi) is 7.25. The maximum Gasteiger partial charge on any atom is 0.306 e. The van der Waals surface area contributed by atoms with Crippen molar-refractivity contribution >= 4 is 11.9 Å². The fourth-order valence-corrected chi connectivity index (χ4v) is 1.37. The highest BCUT2D eigenvalue weighted by Gasteiger charge is 2.11. The summed E-state index contributed by atoms with van der Waals surface area (Å²) in [7, 11) is 0. The number of carboxylic acids is 1. The summed E-state index contributed by atoms with van der Waals surface area (Å²) in [5.41, 5.74) is 0. The van der Waals surface area contributed by atoms with E-state index in [4.69, 9.17) is 5.11 Å². The van der Waals surface area contributed by atoms with Crippen LogP contribution in [-0.2, 0) is 9.59 Å². The molecule has 0 aromatic heterocycles. The molecule has 0 saturated heterocycles. The van der Waals surface area contributed by atoms with Gasteiger partial charge in [-0.05, 0) is 32.8 Å². The normalized spacial score (nSPS) is 14.7. The van der Waals surface area contributed by atoms with Crippen molar-refractivity contribution in [2.75, 3.05) is 0 Å². The van der Waals surface area contributed by atoms with Gasteiger partial charge in [-0.2, -0.15) is 0 Å². The molecule has 2 atom stereocenters. The van der Waals surface area contributed by atoms with Gasteiger partial charge < -0.3 is 10.4 Å². The summed E-state index contributed by atoms with van der Waals surface area (Å²) in [5.74, 6) is -1.16. The minimum absolute atomic E-state index is 0.0877. The second-order valence-electron chi connectivity index (χ2n) is 4.08. The highest BCUT2D eigenvalue weighted by Crippen LogP contribution is 2.09. The minimum Gasteiger partial charge on any atom is -0.481 e. The standard InChI is InChI=1S/C12H21NO3/c1-4-6-11(14)13-10(3)8-5-7-9(2)12(15)16/h4,6,9-10H,5,7-8H2,1-3H3,(H,13,14)(H,15,16). The highest BCUT2D eigenvalue weighted by molar-refractivity contribution is 5.87. The molecule has 0 fully saturated rings. The predicted octanol–water partition coefficient (Wildman–Crippen LogP) is 1.96. The van der Waals surface area contributed by atoms with Gasteiger partial charge in [-0.1, -0.05) is 19.4 Å². The average Bonchev–Trinajstić information content (AvgIpc) is 2.17. The number of hydrogen-bond acceptors (Lipinski definition) is 2. The Hall–Kier alpha value is -1.32. The number of aliphatic carboxylic acids is 1. The smallest absolute Gasteiger partial charge is 0.306 e. The summed E-state index contributed by atoms with van der Waals surface area (Å²) in [6.07, 6.45) is 5.44. The zero-order valence-electron chi connectivity index (χ0n) is 10.2. The monoisotopic (exact) mass is 227 g/mol. The fourth-order valence-electron chi connectivity index (χ4n) is 1.37. The van der Waals surface area contributed by atoms with E-state index in [-0.39, 0.29) is 17.9 Å². The molecule has 1 amide bonds. The molecule has 0 saturated carbocycles. The molecule has 4 heteroatoms. The molecule has 0 aliphatic rings. The number of carbonyl (C=O) groups excluding carboxylic acids is 1. The lowest BCUT2D eigenvalue weighted by molar-refractivity contribution is -0.141. The quantitative estimate of drug-likeness (QED) is 0.653. The third-order valence-corrected chi connectivity index (χ3v) is 2.40. The second-order valence-corrected chi connectivity index (χ2v) is 4.08. The molecule has 0 spiro atoms. The minimum atomic E-state index is -0.759. The van der Waals surface area contributed by atoms with E-state index in [0.717, 1.165) is 12.8 Å². The Morgan fingerprint density at radius 1 is 1.31 bits per heavy atom. The highest BCUT2D eigenvalue weighted by atomic mass is 16.4. The van der Waals surface area contributed by atoms with Crippen LogP contribution in [0, 0.1) is 5.92 Å². The van der Waals surface area contributed by atoms with Crippen molar-refractivity contribution in [3.05, 3.63) is 12.2 Å². The molecule has 2 unspecified atom stereocenters. The van der Waals surface area contributed by atoms with Crippen molar-refractivity contribution in [3.8, 4) is 0 Å². The van der Waals surface area contributed by atoms with Crippen LogP contribution in [0.4, 0.5) is 0 Å². The Morgan fingerprint density at radius 2 is 1.94 bits per heavy atom. The Balaban J connectivity index is 3.69. The first-order valence-electron chi connectivity index (χ1n) is 5.63. The lowest BCUT2D eigenvalue weighted by Crippen LogP contribution is -2.31. The predicted molar refractivity (Wildman–Crippen MR) is 63.1 cm³/mol. The van der Waals surface area contributed by atoms with Crippen LogP contribution >= 0.6 is 0 Å². The number of hydrogen-bond donors (Lipinski definition) is 2. The second kappa shape index (κ2) is 7.91. The van der Waals surface area contributed by atoms with Gasteiger partial charge in [-0.3, -0.25) is 9.59 Å². The number of carboxylic acid groups (broad SMARTS) is 1. The molecule has 0 aliphatic carbocycles. The van der Waals surface area contributed by atoms with Crippen LogP contribution < -0.4 is 5.32 Å². The molecule has 4 nitrogen and oxygen atoms in total. The van der Waals surface area contributed by atoms with E-state index in [9.17, 15) is 9.59 Å². The molecule has 0 heterocycles. The van der Waals surface area contributed by atoms with Crippen molar-refractivity contribution in [3.63, 3.8) is 0 Å². The van der Waals surface area contributed by atoms with Crippen LogP contribution in [0.5, 0.6) is 0 Å². The maximum atomic E-state index is 11.2. The first-order valence-corrected chi connectivity index (χ1v) is 5.63. The topological polar surface area (TPSA) is 66.4 Å². The van der Waals surface area contributed by atoms with E-state index < -0.39 is 5.97 Å². The molecule has 0 rings (SSSR count). The number of carbonyl (C=O) groups is 2. The third-order valence-electron chi connectivity index (χ3n) is 2.40. The summed E-state index contributed by atoms with van der Waals surface area (Å²) in [6, 6.07) is 0.0877. The molecule has 0 aromatic carbocycles. The summed E-state index contributed by atoms with van der Waals surface area (Å²) >= 11 is 0. The van der Waals surface area contributed by atoms with Gasteiger partial charge in [-0.15, -0.1) is 0 Å². The molecule has 92 valence electrons. The molecule has 16 heavy (non-hydrogen) atoms. The van der Waals surface area contributed by atoms with E-state index in [1.165, 1.54) is 6.08 Å². The first kappa shape index (κ1) is 14.7. The lowest BCUT2D eigenvalue weighted by atomic mass is 10.0. The molecule has 0 aliphatic heterocycles. The van der Waals surface area contributed by atoms with Crippen LogP contribution in [0.3, 0.4) is 0 Å². The number of amides is 1. The van der Waals surface area contributed by atoms with Crippen LogP contribution in [0.15, 0.2) is 12.2 Å². The molecular weight excluding hydrogens is 206 g/mol. The Morgan fingerprint density at radius 3 is 2.44 bits per heavy atom. The van der Waals surface area contributed by atoms with Crippen LogP contribution in [-0.4, -0.2) is 23.0 Å². The van der Waals surface area contributed by atoms with Crippen molar-refractivity contribution in [2.24, 2.45) is 5.92 Å². The maximum absolute atomic E-state index is 11.2. The van der Waals surface area contributed by atoms with E-state index in [1.54, 1.807) is 19.9 Å². The van der Waals surface area contributed by atoms with Gasteiger partial charge in [0, 0.05) is 6.04 Å². The fraction of sp³-hybridized carbons (Fsp3) is 0.667. The Labute approximate surface area is 96.7 Å². The molecular formula is C12H21NO3. The van der Waals surface area contributed by atoms with E-state index in [0.29, 0.717) is 6.42 Å². The summed E-state index contributed by atoms with van der Waals surface area (Å²) in [6.45, 7) is 5.41.